The molecule has 0 saturated carbocycles. The Hall–Kier alpha value is -4.23. The van der Waals surface area contributed by atoms with E-state index in [0.29, 0.717) is 19.6 Å². The molecule has 7 heteroatoms. The monoisotopic (exact) mass is 538 g/mol. The fraction of sp³-hybridized carbons (Fsp3) is 0.303. The minimum atomic E-state index is -0.172. The maximum absolute atomic E-state index is 14.1. The van der Waals surface area contributed by atoms with Crippen LogP contribution in [0.4, 0.5) is 5.69 Å². The lowest BCUT2D eigenvalue weighted by Crippen LogP contribution is -2.44. The Morgan fingerprint density at radius 3 is 2.55 bits per heavy atom. The summed E-state index contributed by atoms with van der Waals surface area (Å²) < 4.78 is 7.44. The van der Waals surface area contributed by atoms with Crippen LogP contribution in [-0.4, -0.2) is 47.7 Å². The number of aryl methyl sites for hydroxylation is 2. The number of aromatic nitrogens is 2. The number of hydrogen-bond acceptors (Lipinski definition) is 4. The maximum atomic E-state index is 14.1. The van der Waals surface area contributed by atoms with Gasteiger partial charge < -0.3 is 19.5 Å². The number of hydrogen-bond donors (Lipinski definition) is 1. The molecule has 40 heavy (non-hydrogen) atoms. The van der Waals surface area contributed by atoms with Gasteiger partial charge in [0.15, 0.2) is 0 Å². The third-order valence-electron chi connectivity index (χ3n) is 6.96. The number of imidazole rings is 1. The van der Waals surface area contributed by atoms with Gasteiger partial charge in [-0.15, -0.1) is 0 Å². The smallest absolute Gasteiger partial charge is 0.247 e. The Morgan fingerprint density at radius 1 is 1.05 bits per heavy atom. The Kier molecular flexibility index (Phi) is 9.86. The Bertz CT molecular complexity index is 1480. The second kappa shape index (κ2) is 13.7. The first-order valence-electron chi connectivity index (χ1n) is 13.8. The Morgan fingerprint density at radius 2 is 1.80 bits per heavy atom. The standard InChI is InChI=1S/C33H38N4O3/c1-5-27-15-11-12-24(2)33(27)37(25(3)23-40-4)32(39)22-36-29-17-10-9-16-28(29)35-30(36)20-21-34-31(38)19-18-26-13-7-6-8-14-26/h6-19,25H,5,20-23H2,1-4H3,(H,34,38)/b19-18+. The van der Waals surface area contributed by atoms with Gasteiger partial charge in [0.2, 0.25) is 11.8 Å². The number of amides is 2. The van der Waals surface area contributed by atoms with E-state index in [1.54, 1.807) is 13.2 Å². The van der Waals surface area contributed by atoms with E-state index in [1.807, 2.05) is 90.0 Å². The first kappa shape index (κ1) is 28.8. The van der Waals surface area contributed by atoms with Gasteiger partial charge in [-0.05, 0) is 55.2 Å². The van der Waals surface area contributed by atoms with Crippen LogP contribution in [0, 0.1) is 6.92 Å². The molecule has 1 heterocycles. The molecule has 7 nitrogen and oxygen atoms in total. The largest absolute Gasteiger partial charge is 0.383 e. The van der Waals surface area contributed by atoms with Gasteiger partial charge in [-0.2, -0.15) is 0 Å². The summed E-state index contributed by atoms with van der Waals surface area (Å²) in [5.41, 5.74) is 5.80. The van der Waals surface area contributed by atoms with Gasteiger partial charge >= 0.3 is 0 Å². The summed E-state index contributed by atoms with van der Waals surface area (Å²) in [6, 6.07) is 23.5. The summed E-state index contributed by atoms with van der Waals surface area (Å²) >= 11 is 0. The van der Waals surface area contributed by atoms with E-state index in [9.17, 15) is 9.59 Å². The van der Waals surface area contributed by atoms with Gasteiger partial charge in [-0.25, -0.2) is 4.98 Å². The molecular formula is C33H38N4O3. The molecule has 1 atom stereocenters. The molecule has 0 spiro atoms. The number of para-hydroxylation sites is 3. The topological polar surface area (TPSA) is 76.5 Å². The van der Waals surface area contributed by atoms with Crippen molar-refractivity contribution in [3.63, 3.8) is 0 Å². The number of methoxy groups -OCH3 is 1. The average molecular weight is 539 g/mol. The molecule has 4 rings (SSSR count). The highest BCUT2D eigenvalue weighted by molar-refractivity contribution is 5.96. The SMILES string of the molecule is CCc1cccc(C)c1N(C(=O)Cn1c(CCNC(=O)/C=C/c2ccccc2)nc2ccccc21)C(C)COC. The molecule has 0 fully saturated rings. The number of nitrogens with zero attached hydrogens (tertiary/aromatic N) is 3. The third-order valence-corrected chi connectivity index (χ3v) is 6.96. The quantitative estimate of drug-likeness (QED) is 0.247. The number of fused-ring (bicyclic) bond motifs is 1. The van der Waals surface area contributed by atoms with Crippen molar-refractivity contribution >= 4 is 34.6 Å². The summed E-state index contributed by atoms with van der Waals surface area (Å²) in [4.78, 5) is 33.2. The number of nitrogens with one attached hydrogen (secondary N) is 1. The maximum Gasteiger partial charge on any atom is 0.247 e. The van der Waals surface area contributed by atoms with Crippen LogP contribution < -0.4 is 10.2 Å². The van der Waals surface area contributed by atoms with Crippen LogP contribution >= 0.6 is 0 Å². The molecule has 0 bridgehead atoms. The molecule has 1 unspecified atom stereocenters. The lowest BCUT2D eigenvalue weighted by atomic mass is 10.0. The van der Waals surface area contributed by atoms with Crippen LogP contribution in [0.1, 0.15) is 36.4 Å². The summed E-state index contributed by atoms with van der Waals surface area (Å²) in [5, 5.41) is 2.94. The zero-order chi connectivity index (χ0) is 28.5. The van der Waals surface area contributed by atoms with Gasteiger partial charge in [0, 0.05) is 26.2 Å². The van der Waals surface area contributed by atoms with Crippen molar-refractivity contribution in [2.24, 2.45) is 0 Å². The fourth-order valence-electron chi connectivity index (χ4n) is 5.05. The van der Waals surface area contributed by atoms with Crippen LogP contribution in [0.15, 0.2) is 78.9 Å². The third kappa shape index (κ3) is 6.85. The minimum Gasteiger partial charge on any atom is -0.383 e. The average Bonchev–Trinajstić information content (AvgIpc) is 3.30. The van der Waals surface area contributed by atoms with Gasteiger partial charge in [0.25, 0.3) is 0 Å². The molecule has 1 N–H and O–H groups in total. The first-order chi connectivity index (χ1) is 19.4. The van der Waals surface area contributed by atoms with E-state index in [1.165, 1.54) is 6.08 Å². The van der Waals surface area contributed by atoms with E-state index >= 15 is 0 Å². The van der Waals surface area contributed by atoms with Crippen molar-refractivity contribution in [1.29, 1.82) is 0 Å². The lowest BCUT2D eigenvalue weighted by Gasteiger charge is -2.32. The number of carbonyl (C=O) groups is 2. The van der Waals surface area contributed by atoms with Gasteiger partial charge in [-0.3, -0.25) is 9.59 Å². The molecule has 0 saturated heterocycles. The first-order valence-corrected chi connectivity index (χ1v) is 13.8. The summed E-state index contributed by atoms with van der Waals surface area (Å²) in [6.45, 7) is 7.11. The highest BCUT2D eigenvalue weighted by Crippen LogP contribution is 2.29. The Labute approximate surface area is 236 Å². The zero-order valence-corrected chi connectivity index (χ0v) is 23.8. The van der Waals surface area contributed by atoms with E-state index in [-0.39, 0.29) is 24.4 Å². The number of carbonyl (C=O) groups excluding carboxylic acids is 2. The fourth-order valence-corrected chi connectivity index (χ4v) is 5.05. The molecule has 0 aliphatic heterocycles. The predicted octanol–water partition coefficient (Wildman–Crippen LogP) is 5.35. The van der Waals surface area contributed by atoms with Crippen molar-refractivity contribution < 1.29 is 14.3 Å². The molecule has 0 aliphatic carbocycles. The van der Waals surface area contributed by atoms with Crippen molar-refractivity contribution in [2.45, 2.75) is 46.2 Å². The van der Waals surface area contributed by atoms with Crippen LogP contribution in [0.25, 0.3) is 17.1 Å². The number of benzene rings is 3. The minimum absolute atomic E-state index is 0.0345. The van der Waals surface area contributed by atoms with Crippen molar-refractivity contribution in [3.05, 3.63) is 101 Å². The molecule has 208 valence electrons. The summed E-state index contributed by atoms with van der Waals surface area (Å²) in [5.74, 6) is 0.545. The molecular weight excluding hydrogens is 500 g/mol. The number of ether oxygens (including phenoxy) is 1. The zero-order valence-electron chi connectivity index (χ0n) is 23.8. The van der Waals surface area contributed by atoms with Gasteiger partial charge in [0.1, 0.15) is 12.4 Å². The highest BCUT2D eigenvalue weighted by Gasteiger charge is 2.27. The number of anilines is 1. The van der Waals surface area contributed by atoms with Crippen LogP contribution in [0.5, 0.6) is 0 Å². The second-order valence-corrected chi connectivity index (χ2v) is 9.89. The van der Waals surface area contributed by atoms with Crippen molar-refractivity contribution in [1.82, 2.24) is 14.9 Å². The van der Waals surface area contributed by atoms with E-state index in [0.717, 1.165) is 45.7 Å². The van der Waals surface area contributed by atoms with Gasteiger partial charge in [0.05, 0.1) is 29.4 Å². The molecule has 1 aromatic heterocycles. The van der Waals surface area contributed by atoms with E-state index in [2.05, 4.69) is 18.3 Å². The second-order valence-electron chi connectivity index (χ2n) is 9.89. The highest BCUT2D eigenvalue weighted by atomic mass is 16.5. The lowest BCUT2D eigenvalue weighted by molar-refractivity contribution is -0.120. The molecule has 3 aromatic carbocycles. The molecule has 0 radical (unpaired) electrons. The van der Waals surface area contributed by atoms with Crippen molar-refractivity contribution in [3.8, 4) is 0 Å². The summed E-state index contributed by atoms with van der Waals surface area (Å²) in [6.07, 6.45) is 4.63. The molecule has 2 amide bonds. The Balaban J connectivity index is 1.57. The predicted molar refractivity (Wildman–Crippen MR) is 161 cm³/mol. The van der Waals surface area contributed by atoms with E-state index < -0.39 is 0 Å². The van der Waals surface area contributed by atoms with Crippen molar-refractivity contribution in [2.75, 3.05) is 25.2 Å². The summed E-state index contributed by atoms with van der Waals surface area (Å²) in [7, 11) is 1.66. The molecule has 4 aromatic rings. The van der Waals surface area contributed by atoms with Crippen LogP contribution in [-0.2, 0) is 33.7 Å². The normalized spacial score (nSPS) is 12.1. The molecule has 0 aliphatic rings. The number of rotatable bonds is 12. The van der Waals surface area contributed by atoms with Crippen LogP contribution in [0.3, 0.4) is 0 Å². The van der Waals surface area contributed by atoms with Gasteiger partial charge in [-0.1, -0.05) is 67.6 Å². The van der Waals surface area contributed by atoms with E-state index in [4.69, 9.17) is 9.72 Å². The van der Waals surface area contributed by atoms with Crippen LogP contribution in [0.2, 0.25) is 0 Å².